The third kappa shape index (κ3) is 22.6. The summed E-state index contributed by atoms with van der Waals surface area (Å²) in [5.41, 5.74) is 6.90. The zero-order chi connectivity index (χ0) is 75.8. The standard InChI is InChI=1S/C85H90N5O18P3/c91-109(97-54-67-37-17-4-18-38-67,98-55-68-39-19-5-20-40-68)106-78-75(61-95-52-65-33-13-2-14-34-65)104-85(81(96-53-66-35-15-3-16-36-66)79(78)107-110(92,99-56-69-41-21-6-22-42-69)100-57-70-43-23-7-24-44-70)105-77-74(60-94-51-64-31-11-1-12-32-64)103-84(90-63-88-76-82(86-62-87-83(76)90)89-73-49-29-10-30-50-73)80(77)108-111(93,101-58-71-45-25-8-26-46-71)102-59-72-47-27-9-28-48-72/h1-9,11-28,31-48,62-63,73-75,77-81,84-85H,10,29-30,49-61H2,(H,86,87,89)/t74-,75-,77-,78-,79+,80-,81-,84-,85-/m1/s1. The third-order valence-corrected chi connectivity index (χ3v) is 23.1. The van der Waals surface area contributed by atoms with Crippen LogP contribution in [0.3, 0.4) is 0 Å². The van der Waals surface area contributed by atoms with Gasteiger partial charge in [0.2, 0.25) is 0 Å². The predicted octanol–water partition coefficient (Wildman–Crippen LogP) is 18.4. The van der Waals surface area contributed by atoms with Crippen LogP contribution in [0.4, 0.5) is 5.82 Å². The second-order valence-electron chi connectivity index (χ2n) is 27.1. The molecular formula is C85H90N5O18P3. The van der Waals surface area contributed by atoms with Gasteiger partial charge in [-0.2, -0.15) is 0 Å². The van der Waals surface area contributed by atoms with Crippen molar-refractivity contribution in [3.05, 3.63) is 336 Å². The molecule has 14 rings (SSSR count). The maximum Gasteiger partial charge on any atom is 0.475 e. The number of phosphoric acid groups is 3. The minimum absolute atomic E-state index is 0.0282. The van der Waals surface area contributed by atoms with E-state index < -0.39 is 78.7 Å². The number of phosphoric ester groups is 3. The maximum atomic E-state index is 16.6. The lowest BCUT2D eigenvalue weighted by Gasteiger charge is -2.47. The molecule has 0 unspecified atom stereocenters. The van der Waals surface area contributed by atoms with Gasteiger partial charge in [-0.1, -0.05) is 292 Å². The fourth-order valence-electron chi connectivity index (χ4n) is 13.2. The van der Waals surface area contributed by atoms with Crippen LogP contribution in [0.2, 0.25) is 0 Å². The maximum absolute atomic E-state index is 16.6. The first kappa shape index (κ1) is 79.1. The normalized spacial score (nSPS) is 20.5. The molecule has 1 aliphatic carbocycles. The van der Waals surface area contributed by atoms with Gasteiger partial charge in [-0.05, 0) is 62.9 Å². The predicted molar refractivity (Wildman–Crippen MR) is 415 cm³/mol. The highest BCUT2D eigenvalue weighted by Gasteiger charge is 2.59. The van der Waals surface area contributed by atoms with Crippen LogP contribution in [0.25, 0.3) is 11.2 Å². The Balaban J connectivity index is 0.935. The van der Waals surface area contributed by atoms with Crippen molar-refractivity contribution < 1.29 is 82.8 Å². The highest BCUT2D eigenvalue weighted by atomic mass is 31.2. The van der Waals surface area contributed by atoms with E-state index in [1.807, 2.05) is 273 Å². The molecule has 578 valence electrons. The summed E-state index contributed by atoms with van der Waals surface area (Å²) in [7, 11) is -14.9. The molecule has 0 bridgehead atoms. The van der Waals surface area contributed by atoms with E-state index in [0.717, 1.165) is 43.2 Å². The van der Waals surface area contributed by atoms with Gasteiger partial charge >= 0.3 is 23.5 Å². The summed E-state index contributed by atoms with van der Waals surface area (Å²) in [5.74, 6) is 0.510. The smallest absolute Gasteiger partial charge is 0.374 e. The quantitative estimate of drug-likeness (QED) is 0.0351. The summed E-state index contributed by atoms with van der Waals surface area (Å²) in [4.78, 5) is 14.5. The van der Waals surface area contributed by atoms with Gasteiger partial charge < -0.3 is 33.7 Å². The SMILES string of the molecule is O=P(OCc1ccccc1)(OCc1ccccc1)O[C@@H]1[C@@H](OCc2ccccc2)[C@@H](O[C@H]2[C@@H](OP(=O)(OCc3ccccc3)OCc3ccccc3)[C@H](n3cnc4c(NC5CCCCC5)ncnc43)O[C@@H]2COCc2ccccc2)O[C@H](COCc2ccccc2)[C@H]1OP(=O)(OCc1ccccc1)OCc1ccccc1. The average Bonchev–Trinajstić information content (AvgIpc) is 1.67. The molecule has 2 aliphatic heterocycles. The summed E-state index contributed by atoms with van der Waals surface area (Å²) in [6, 6.07) is 83.4. The summed E-state index contributed by atoms with van der Waals surface area (Å²) in [6.45, 7) is -2.17. The summed E-state index contributed by atoms with van der Waals surface area (Å²) in [5, 5.41) is 3.65. The average molecular weight is 1560 g/mol. The van der Waals surface area contributed by atoms with Crippen LogP contribution in [-0.2, 0) is 142 Å². The number of ether oxygens (including phenoxy) is 6. The highest BCUT2D eigenvalue weighted by molar-refractivity contribution is 7.49. The van der Waals surface area contributed by atoms with E-state index in [0.29, 0.717) is 55.9 Å². The molecule has 26 heteroatoms. The van der Waals surface area contributed by atoms with Gasteiger partial charge in [-0.3, -0.25) is 45.3 Å². The molecule has 3 fully saturated rings. The van der Waals surface area contributed by atoms with Gasteiger partial charge in [0.15, 0.2) is 29.5 Å². The molecule has 9 aromatic carbocycles. The van der Waals surface area contributed by atoms with Crippen LogP contribution in [-0.4, -0.2) is 87.8 Å². The molecule has 111 heavy (non-hydrogen) atoms. The topological polar surface area (TPSA) is 245 Å². The van der Waals surface area contributed by atoms with Crippen LogP contribution < -0.4 is 5.32 Å². The fraction of sp³-hybridized carbons (Fsp3) is 0.306. The summed E-state index contributed by atoms with van der Waals surface area (Å²) in [6.07, 6.45) is -5.89. The Morgan fingerprint density at radius 1 is 0.360 bits per heavy atom. The van der Waals surface area contributed by atoms with Gasteiger partial charge in [0.05, 0.1) is 79.0 Å². The Morgan fingerprint density at radius 3 is 1.09 bits per heavy atom. The number of imidazole rings is 1. The van der Waals surface area contributed by atoms with Crippen LogP contribution in [0.1, 0.15) is 88.4 Å². The minimum Gasteiger partial charge on any atom is -0.374 e. The molecule has 9 atom stereocenters. The Labute approximate surface area is 646 Å². The Bertz CT molecular complexity index is 4590. The van der Waals surface area contributed by atoms with Crippen molar-refractivity contribution in [2.24, 2.45) is 0 Å². The molecule has 0 amide bonds. The molecule has 1 N–H and O–H groups in total. The molecule has 4 heterocycles. The molecule has 11 aromatic rings. The van der Waals surface area contributed by atoms with Crippen molar-refractivity contribution >= 4 is 40.4 Å². The number of hydrogen-bond donors (Lipinski definition) is 1. The van der Waals surface area contributed by atoms with Crippen molar-refractivity contribution in [1.82, 2.24) is 19.5 Å². The van der Waals surface area contributed by atoms with E-state index in [-0.39, 0.29) is 78.7 Å². The van der Waals surface area contributed by atoms with Gasteiger partial charge in [0, 0.05) is 6.04 Å². The molecule has 0 radical (unpaired) electrons. The van der Waals surface area contributed by atoms with Crippen molar-refractivity contribution in [2.75, 3.05) is 18.5 Å². The summed E-state index contributed by atoms with van der Waals surface area (Å²) < 4.78 is 155. The van der Waals surface area contributed by atoms with Gasteiger partial charge in [-0.15, -0.1) is 0 Å². The molecule has 23 nitrogen and oxygen atoms in total. The molecule has 1 saturated carbocycles. The van der Waals surface area contributed by atoms with E-state index in [1.54, 1.807) is 10.9 Å². The number of rotatable bonds is 40. The second-order valence-corrected chi connectivity index (χ2v) is 32.0. The van der Waals surface area contributed by atoms with Crippen LogP contribution in [0.5, 0.6) is 0 Å². The minimum atomic E-state index is -5.04. The van der Waals surface area contributed by atoms with Gasteiger partial charge in [0.1, 0.15) is 49.1 Å². The monoisotopic (exact) mass is 1560 g/mol. The first-order chi connectivity index (χ1) is 54.5. The van der Waals surface area contributed by atoms with E-state index in [4.69, 9.17) is 84.1 Å². The number of fused-ring (bicyclic) bond motifs is 1. The number of benzene rings is 9. The first-order valence-corrected chi connectivity index (χ1v) is 41.7. The van der Waals surface area contributed by atoms with E-state index in [1.165, 1.54) is 6.33 Å². The molecule has 2 aromatic heterocycles. The van der Waals surface area contributed by atoms with Crippen molar-refractivity contribution in [3.63, 3.8) is 0 Å². The number of nitrogens with one attached hydrogen (secondary N) is 1. The zero-order valence-electron chi connectivity index (χ0n) is 61.2. The lowest BCUT2D eigenvalue weighted by Crippen LogP contribution is -2.62. The van der Waals surface area contributed by atoms with E-state index in [9.17, 15) is 0 Å². The number of aromatic nitrogens is 4. The Kier molecular flexibility index (Phi) is 28.3. The molecule has 2 saturated heterocycles. The zero-order valence-corrected chi connectivity index (χ0v) is 63.9. The van der Waals surface area contributed by atoms with Crippen LogP contribution in [0.15, 0.2) is 286 Å². The van der Waals surface area contributed by atoms with Crippen molar-refractivity contribution in [1.29, 1.82) is 0 Å². The van der Waals surface area contributed by atoms with Crippen LogP contribution >= 0.6 is 23.5 Å². The largest absolute Gasteiger partial charge is 0.475 e. The highest BCUT2D eigenvalue weighted by Crippen LogP contribution is 2.60. The Morgan fingerprint density at radius 2 is 0.703 bits per heavy atom. The number of nitrogens with zero attached hydrogens (tertiary/aromatic N) is 4. The fourth-order valence-corrected chi connectivity index (χ4v) is 17.3. The third-order valence-electron chi connectivity index (χ3n) is 19.0. The number of anilines is 1. The molecular weight excluding hydrogens is 1470 g/mol. The van der Waals surface area contributed by atoms with Crippen LogP contribution in [0, 0.1) is 0 Å². The first-order valence-electron chi connectivity index (χ1n) is 37.3. The van der Waals surface area contributed by atoms with Crippen molar-refractivity contribution in [2.45, 2.75) is 153 Å². The lowest BCUT2D eigenvalue weighted by atomic mass is 9.95. The van der Waals surface area contributed by atoms with E-state index in [2.05, 4.69) is 5.32 Å². The van der Waals surface area contributed by atoms with Crippen molar-refractivity contribution in [3.8, 4) is 0 Å². The van der Waals surface area contributed by atoms with Gasteiger partial charge in [-0.25, -0.2) is 28.6 Å². The number of hydrogen-bond acceptors (Lipinski definition) is 22. The molecule has 0 spiro atoms. The Hall–Kier alpha value is -8.58. The molecule has 3 aliphatic rings. The van der Waals surface area contributed by atoms with E-state index >= 15 is 13.7 Å². The second kappa shape index (κ2) is 39.7. The van der Waals surface area contributed by atoms with Gasteiger partial charge in [0.25, 0.3) is 0 Å². The summed E-state index contributed by atoms with van der Waals surface area (Å²) >= 11 is 0. The lowest BCUT2D eigenvalue weighted by molar-refractivity contribution is -0.325.